The Morgan fingerprint density at radius 1 is 1.38 bits per heavy atom. The molecule has 1 spiro atoms. The molecule has 0 aliphatic carbocycles. The van der Waals surface area contributed by atoms with Crippen molar-refractivity contribution in [1.29, 1.82) is 0 Å². The molecular formula is C18H31N3O3. The summed E-state index contributed by atoms with van der Waals surface area (Å²) in [5.74, 6) is 0. The van der Waals surface area contributed by atoms with Crippen LogP contribution in [-0.4, -0.2) is 79.5 Å². The van der Waals surface area contributed by atoms with Gasteiger partial charge in [0, 0.05) is 45.2 Å². The van der Waals surface area contributed by atoms with Gasteiger partial charge in [0.1, 0.15) is 5.60 Å². The molecule has 2 atom stereocenters. The van der Waals surface area contributed by atoms with Crippen molar-refractivity contribution in [2.24, 2.45) is 0 Å². The Balaban J connectivity index is 1.49. The van der Waals surface area contributed by atoms with Gasteiger partial charge < -0.3 is 19.7 Å². The van der Waals surface area contributed by atoms with Crippen molar-refractivity contribution in [3.8, 4) is 0 Å². The van der Waals surface area contributed by atoms with Crippen molar-refractivity contribution in [3.63, 3.8) is 0 Å². The van der Waals surface area contributed by atoms with Crippen molar-refractivity contribution < 1.29 is 14.3 Å². The van der Waals surface area contributed by atoms with E-state index in [0.717, 1.165) is 45.5 Å². The van der Waals surface area contributed by atoms with Gasteiger partial charge in [-0.25, -0.2) is 4.79 Å². The summed E-state index contributed by atoms with van der Waals surface area (Å²) in [6.07, 6.45) is 2.95. The Morgan fingerprint density at radius 3 is 2.75 bits per heavy atom. The van der Waals surface area contributed by atoms with E-state index < -0.39 is 0 Å². The molecule has 6 heteroatoms. The lowest BCUT2D eigenvalue weighted by Crippen LogP contribution is -2.60. The number of hydrogen-bond donors (Lipinski definition) is 1. The lowest BCUT2D eigenvalue weighted by atomic mass is 9.99. The summed E-state index contributed by atoms with van der Waals surface area (Å²) in [4.78, 5) is 17.0. The molecule has 0 bridgehead atoms. The number of rotatable bonds is 3. The highest BCUT2D eigenvalue weighted by Crippen LogP contribution is 2.30. The first-order valence-electron chi connectivity index (χ1n) is 9.13. The normalized spacial score (nSPS) is 32.2. The van der Waals surface area contributed by atoms with Crippen molar-refractivity contribution >= 4 is 6.03 Å². The molecule has 3 aliphatic rings. The minimum atomic E-state index is -0.292. The van der Waals surface area contributed by atoms with E-state index in [1.807, 2.05) is 11.8 Å². The molecule has 2 amide bonds. The highest BCUT2D eigenvalue weighted by Gasteiger charge is 2.44. The van der Waals surface area contributed by atoms with Crippen LogP contribution in [0.4, 0.5) is 4.79 Å². The number of piperidine rings is 1. The van der Waals surface area contributed by atoms with E-state index >= 15 is 0 Å². The lowest BCUT2D eigenvalue weighted by molar-refractivity contribution is -0.137. The number of nitrogens with one attached hydrogen (secondary N) is 1. The van der Waals surface area contributed by atoms with Crippen LogP contribution in [0.25, 0.3) is 0 Å². The van der Waals surface area contributed by atoms with E-state index in [1.54, 1.807) is 0 Å². The molecule has 3 heterocycles. The summed E-state index contributed by atoms with van der Waals surface area (Å²) in [7, 11) is 0. The largest absolute Gasteiger partial charge is 0.378 e. The predicted molar refractivity (Wildman–Crippen MR) is 93.1 cm³/mol. The summed E-state index contributed by atoms with van der Waals surface area (Å²) in [5.41, 5.74) is 0.906. The van der Waals surface area contributed by atoms with E-state index in [1.165, 1.54) is 5.57 Å². The number of ether oxygens (including phenoxy) is 2. The maximum absolute atomic E-state index is 12.7. The first kappa shape index (κ1) is 17.7. The fourth-order valence-corrected chi connectivity index (χ4v) is 4.07. The molecule has 3 aliphatic heterocycles. The average molecular weight is 337 g/mol. The standard InChI is InChI=1S/C18H31N3O3/c1-14(2)10-20-7-4-16(5-8-20)19-17(22)21-11-15(3)24-18(12-21)6-9-23-13-18/h15-16H,1,4-13H2,2-3H3,(H,19,22). The van der Waals surface area contributed by atoms with Gasteiger partial charge in [0.05, 0.1) is 19.3 Å². The smallest absolute Gasteiger partial charge is 0.317 e. The molecule has 3 fully saturated rings. The zero-order chi connectivity index (χ0) is 17.2. The Hall–Kier alpha value is -1.11. The maximum Gasteiger partial charge on any atom is 0.317 e. The Bertz CT molecular complexity index is 468. The fraction of sp³-hybridized carbons (Fsp3) is 0.833. The Kier molecular flexibility index (Phi) is 5.47. The first-order valence-corrected chi connectivity index (χ1v) is 9.13. The molecule has 3 rings (SSSR count). The van der Waals surface area contributed by atoms with Crippen LogP contribution >= 0.6 is 0 Å². The second-order valence-electron chi connectivity index (χ2n) is 7.75. The molecule has 0 aromatic heterocycles. The summed E-state index contributed by atoms with van der Waals surface area (Å²) in [5, 5.41) is 3.23. The quantitative estimate of drug-likeness (QED) is 0.795. The van der Waals surface area contributed by atoms with E-state index in [9.17, 15) is 4.79 Å². The minimum absolute atomic E-state index is 0.0507. The number of likely N-dealkylation sites (tertiary alicyclic amines) is 1. The van der Waals surface area contributed by atoms with Crippen LogP contribution in [-0.2, 0) is 9.47 Å². The zero-order valence-corrected chi connectivity index (χ0v) is 15.1. The van der Waals surface area contributed by atoms with Gasteiger partial charge in [-0.2, -0.15) is 0 Å². The van der Waals surface area contributed by atoms with Gasteiger partial charge in [-0.15, -0.1) is 0 Å². The average Bonchev–Trinajstić information content (AvgIpc) is 2.95. The molecule has 1 N–H and O–H groups in total. The van der Waals surface area contributed by atoms with Crippen LogP contribution in [0.15, 0.2) is 12.2 Å². The van der Waals surface area contributed by atoms with Crippen LogP contribution in [0.3, 0.4) is 0 Å². The predicted octanol–water partition coefficient (Wildman–Crippen LogP) is 1.62. The SMILES string of the molecule is C=C(C)CN1CCC(NC(=O)N2CC(C)OC3(CCOC3)C2)CC1. The van der Waals surface area contributed by atoms with Gasteiger partial charge in [-0.1, -0.05) is 12.2 Å². The van der Waals surface area contributed by atoms with E-state index in [0.29, 0.717) is 19.7 Å². The van der Waals surface area contributed by atoms with Crippen LogP contribution in [0, 0.1) is 0 Å². The van der Waals surface area contributed by atoms with Crippen molar-refractivity contribution in [1.82, 2.24) is 15.1 Å². The molecule has 24 heavy (non-hydrogen) atoms. The van der Waals surface area contributed by atoms with E-state index in [4.69, 9.17) is 9.47 Å². The fourth-order valence-electron chi connectivity index (χ4n) is 4.07. The molecule has 136 valence electrons. The van der Waals surface area contributed by atoms with Gasteiger partial charge >= 0.3 is 6.03 Å². The highest BCUT2D eigenvalue weighted by molar-refractivity contribution is 5.74. The Morgan fingerprint density at radius 2 is 2.12 bits per heavy atom. The van der Waals surface area contributed by atoms with Gasteiger partial charge in [-0.05, 0) is 26.7 Å². The van der Waals surface area contributed by atoms with Crippen molar-refractivity contribution in [2.45, 2.75) is 50.9 Å². The topological polar surface area (TPSA) is 54.0 Å². The highest BCUT2D eigenvalue weighted by atomic mass is 16.6. The molecule has 0 aromatic carbocycles. The second-order valence-corrected chi connectivity index (χ2v) is 7.75. The Labute approximate surface area is 145 Å². The van der Waals surface area contributed by atoms with Gasteiger partial charge in [0.25, 0.3) is 0 Å². The third kappa shape index (κ3) is 4.29. The zero-order valence-electron chi connectivity index (χ0n) is 15.1. The van der Waals surface area contributed by atoms with Gasteiger partial charge in [0.2, 0.25) is 0 Å². The number of urea groups is 1. The van der Waals surface area contributed by atoms with Crippen molar-refractivity contribution in [2.75, 3.05) is 45.9 Å². The molecule has 0 saturated carbocycles. The molecular weight excluding hydrogens is 306 g/mol. The number of carbonyl (C=O) groups is 1. The number of amides is 2. The molecule has 0 aromatic rings. The number of carbonyl (C=O) groups excluding carboxylic acids is 1. The van der Waals surface area contributed by atoms with Crippen LogP contribution in [0.2, 0.25) is 0 Å². The third-order valence-corrected chi connectivity index (χ3v) is 5.17. The molecule has 3 saturated heterocycles. The lowest BCUT2D eigenvalue weighted by Gasteiger charge is -2.43. The van der Waals surface area contributed by atoms with Gasteiger partial charge in [0.15, 0.2) is 0 Å². The van der Waals surface area contributed by atoms with E-state index in [2.05, 4.69) is 23.7 Å². The summed E-state index contributed by atoms with van der Waals surface area (Å²) >= 11 is 0. The van der Waals surface area contributed by atoms with Gasteiger partial charge in [-0.3, -0.25) is 4.90 Å². The molecule has 0 radical (unpaired) electrons. The second kappa shape index (κ2) is 7.42. The first-order chi connectivity index (χ1) is 11.5. The monoisotopic (exact) mass is 337 g/mol. The number of hydrogen-bond acceptors (Lipinski definition) is 4. The minimum Gasteiger partial charge on any atom is -0.378 e. The number of morpholine rings is 1. The molecule has 2 unspecified atom stereocenters. The third-order valence-electron chi connectivity index (χ3n) is 5.17. The summed E-state index contributed by atoms with van der Waals surface area (Å²) < 4.78 is 11.6. The van der Waals surface area contributed by atoms with Crippen LogP contribution < -0.4 is 5.32 Å². The maximum atomic E-state index is 12.7. The molecule has 6 nitrogen and oxygen atoms in total. The van der Waals surface area contributed by atoms with Crippen LogP contribution in [0.5, 0.6) is 0 Å². The number of nitrogens with zero attached hydrogens (tertiary/aromatic N) is 2. The summed E-state index contributed by atoms with van der Waals surface area (Å²) in [6.45, 7) is 13.7. The van der Waals surface area contributed by atoms with Crippen molar-refractivity contribution in [3.05, 3.63) is 12.2 Å². The van der Waals surface area contributed by atoms with Crippen LogP contribution in [0.1, 0.15) is 33.1 Å². The van der Waals surface area contributed by atoms with E-state index in [-0.39, 0.29) is 23.8 Å². The summed E-state index contributed by atoms with van der Waals surface area (Å²) in [6, 6.07) is 0.322.